The molecular weight excluding hydrogens is 889 g/mol. The predicted octanol–water partition coefficient (Wildman–Crippen LogP) is 9.68. The molecule has 10 atom stereocenters. The molecule has 2 heterocycles. The van der Waals surface area contributed by atoms with Gasteiger partial charge in [-0.25, -0.2) is 19.2 Å². The van der Waals surface area contributed by atoms with Crippen LogP contribution in [0.5, 0.6) is 0 Å². The first-order valence-electron chi connectivity index (χ1n) is 24.1. The fraction of sp³-hybridized carbons (Fsp3) is 0.717. The lowest BCUT2D eigenvalue weighted by molar-refractivity contribution is -0.377. The Morgan fingerprint density at radius 3 is 1.88 bits per heavy atom. The Bertz CT molecular complexity index is 1980. The van der Waals surface area contributed by atoms with Crippen LogP contribution in [-0.2, 0) is 68.0 Å². The van der Waals surface area contributed by atoms with Gasteiger partial charge in [-0.3, -0.25) is 4.79 Å². The van der Waals surface area contributed by atoms with Crippen LogP contribution in [0.1, 0.15) is 149 Å². The predicted molar refractivity (Wildman–Crippen MR) is 261 cm³/mol. The average molecular weight is 973 g/mol. The van der Waals surface area contributed by atoms with Crippen LogP contribution in [0.15, 0.2) is 54.6 Å². The summed E-state index contributed by atoms with van der Waals surface area (Å²) in [7, 11) is -3.13. The van der Waals surface area contributed by atoms with Gasteiger partial charge in [-0.05, 0) is 123 Å². The van der Waals surface area contributed by atoms with Gasteiger partial charge in [-0.2, -0.15) is 0 Å². The number of ether oxygens (including phenoxy) is 7. The van der Waals surface area contributed by atoms with Crippen molar-refractivity contribution >= 4 is 38.2 Å². The molecule has 0 aromatic heterocycles. The van der Waals surface area contributed by atoms with Crippen LogP contribution in [0.2, 0.25) is 18.1 Å². The molecule has 1 aromatic rings. The Balaban J connectivity index is 2.53. The van der Waals surface area contributed by atoms with Crippen molar-refractivity contribution in [2.24, 2.45) is 17.8 Å². The normalized spacial score (nSPS) is 26.3. The van der Waals surface area contributed by atoms with E-state index < -0.39 is 101 Å². The third-order valence-electron chi connectivity index (χ3n) is 12.6. The van der Waals surface area contributed by atoms with Gasteiger partial charge in [0, 0.05) is 25.3 Å². The second-order valence-corrected chi connectivity index (χ2v) is 28.3. The fourth-order valence-electron chi connectivity index (χ4n) is 8.23. The molecule has 2 fully saturated rings. The Labute approximate surface area is 407 Å². The van der Waals surface area contributed by atoms with E-state index in [9.17, 15) is 19.5 Å². The minimum Gasteiger partial charge on any atom is -0.458 e. The largest absolute Gasteiger partial charge is 0.458 e. The number of hydrogen-bond acceptors (Lipinski definition) is 14. The van der Waals surface area contributed by atoms with Crippen LogP contribution >= 0.6 is 0 Å². The molecule has 2 aliphatic heterocycles. The van der Waals surface area contributed by atoms with E-state index in [-0.39, 0.29) is 24.7 Å². The average Bonchev–Trinajstić information content (AvgIpc) is 3.40. The summed E-state index contributed by atoms with van der Waals surface area (Å²) in [6, 6.07) is 9.68. The van der Waals surface area contributed by atoms with E-state index in [0.29, 0.717) is 17.9 Å². The summed E-state index contributed by atoms with van der Waals surface area (Å²) < 4.78 is 51.2. The maximum absolute atomic E-state index is 15.6. The molecule has 0 aliphatic carbocycles. The molecule has 2 aliphatic rings. The van der Waals surface area contributed by atoms with E-state index in [0.717, 1.165) is 18.4 Å². The number of fused-ring (bicyclic) bond motifs is 2. The number of allylic oxidation sites excluding steroid dienone is 1. The second kappa shape index (κ2) is 21.6. The number of carbonyl (C=O) groups excluding carboxylic acids is 5. The standard InChI is InChI=1S/C53H84O14Si/c1-21-33(2)31-34(3)27-28-39(55)61-42-41(66-68(19,20)50(16,17)18)51(30-29-35(4)40(60-37(6)54)36(5)32-38-25-23-22-24-26-38)62-43(44(56)63-47(7,8)9)52(59,45(57)64-48(10,11)12)53(42,67-51)46(58)65-49(13,14)15/h22-28,33-34,36,40-43,59H,4,21,29-32H2,1-3,5-20H3/b28-27+/t33-,34+,36+,40+,41+,42+,43+,51-,52+,53-/m0/s1. The van der Waals surface area contributed by atoms with Crippen molar-refractivity contribution in [1.29, 1.82) is 0 Å². The fourth-order valence-corrected chi connectivity index (χ4v) is 9.53. The smallest absolute Gasteiger partial charge is 0.347 e. The molecule has 15 heteroatoms. The quantitative estimate of drug-likeness (QED) is 0.0455. The van der Waals surface area contributed by atoms with Crippen LogP contribution in [0.4, 0.5) is 0 Å². The monoisotopic (exact) mass is 973 g/mol. The first-order chi connectivity index (χ1) is 30.8. The molecule has 0 unspecified atom stereocenters. The van der Waals surface area contributed by atoms with Crippen molar-refractivity contribution in [3.8, 4) is 0 Å². The van der Waals surface area contributed by atoms with Gasteiger partial charge in [-0.15, -0.1) is 0 Å². The highest BCUT2D eigenvalue weighted by atomic mass is 28.4. The lowest BCUT2D eigenvalue weighted by Gasteiger charge is -2.51. The van der Waals surface area contributed by atoms with Crippen molar-refractivity contribution in [1.82, 2.24) is 0 Å². The maximum atomic E-state index is 15.6. The highest BCUT2D eigenvalue weighted by Gasteiger charge is 2.87. The third kappa shape index (κ3) is 14.1. The van der Waals surface area contributed by atoms with Gasteiger partial charge in [0.25, 0.3) is 5.60 Å². The van der Waals surface area contributed by atoms with E-state index in [4.69, 9.17) is 37.6 Å². The summed E-state index contributed by atoms with van der Waals surface area (Å²) in [4.78, 5) is 72.7. The van der Waals surface area contributed by atoms with Crippen LogP contribution < -0.4 is 0 Å². The second-order valence-electron chi connectivity index (χ2n) is 23.5. The maximum Gasteiger partial charge on any atom is 0.347 e. The molecule has 0 saturated carbocycles. The van der Waals surface area contributed by atoms with Crippen molar-refractivity contribution in [3.05, 3.63) is 60.2 Å². The van der Waals surface area contributed by atoms with Crippen molar-refractivity contribution in [3.63, 3.8) is 0 Å². The number of rotatable bonds is 19. The zero-order valence-corrected chi connectivity index (χ0v) is 45.6. The molecule has 1 N–H and O–H groups in total. The highest BCUT2D eigenvalue weighted by molar-refractivity contribution is 6.74. The lowest BCUT2D eigenvalue weighted by atomic mass is 9.74. The van der Waals surface area contributed by atoms with Crippen LogP contribution in [0.25, 0.3) is 0 Å². The van der Waals surface area contributed by atoms with Gasteiger partial charge in [0.05, 0.1) is 0 Å². The van der Waals surface area contributed by atoms with Gasteiger partial charge in [0.2, 0.25) is 11.7 Å². The minimum atomic E-state index is -3.47. The summed E-state index contributed by atoms with van der Waals surface area (Å²) in [5.41, 5.74) is -9.05. The van der Waals surface area contributed by atoms with Crippen LogP contribution in [0, 0.1) is 17.8 Å². The Morgan fingerprint density at radius 2 is 1.38 bits per heavy atom. The number of esters is 5. The third-order valence-corrected chi connectivity index (χ3v) is 17.1. The zero-order valence-electron chi connectivity index (χ0n) is 44.6. The molecule has 384 valence electrons. The highest BCUT2D eigenvalue weighted by Crippen LogP contribution is 2.59. The first kappa shape index (κ1) is 58.4. The summed E-state index contributed by atoms with van der Waals surface area (Å²) >= 11 is 0. The molecule has 3 rings (SSSR count). The molecule has 68 heavy (non-hydrogen) atoms. The van der Waals surface area contributed by atoms with E-state index in [1.54, 1.807) is 47.6 Å². The Morgan fingerprint density at radius 1 is 0.838 bits per heavy atom. The summed E-state index contributed by atoms with van der Waals surface area (Å²) in [5, 5.41) is 13.0. The van der Waals surface area contributed by atoms with Crippen LogP contribution in [0.3, 0.4) is 0 Å². The minimum absolute atomic E-state index is 0.0571. The van der Waals surface area contributed by atoms with E-state index in [1.165, 1.54) is 33.8 Å². The van der Waals surface area contributed by atoms with Gasteiger partial charge < -0.3 is 42.7 Å². The molecule has 0 spiro atoms. The van der Waals surface area contributed by atoms with Gasteiger partial charge in [0.15, 0.2) is 20.2 Å². The molecule has 0 amide bonds. The molecule has 1 aromatic carbocycles. The lowest BCUT2D eigenvalue weighted by Crippen LogP contribution is -2.79. The van der Waals surface area contributed by atoms with Gasteiger partial charge in [-0.1, -0.05) is 97.9 Å². The SMILES string of the molecule is C=C(CC[C@]12O[C@H](C(=O)OC(C)(C)C)[C@@](O)(C(=O)OC(C)(C)C)[C@](C(=O)OC(C)(C)C)(O1)[C@H](OC(=O)/C=C/[C@@H](C)C[C@@H](C)CC)[C@H]2O[Si](C)(C)C(C)(C)C)[C@@H](OC(C)=O)[C@H](C)Cc1ccccc1. The zero-order chi connectivity index (χ0) is 52.2. The topological polar surface area (TPSA) is 179 Å². The molecular formula is C53H84O14Si. The summed E-state index contributed by atoms with van der Waals surface area (Å²) in [5.74, 6) is -7.95. The number of benzene rings is 1. The van der Waals surface area contributed by atoms with E-state index in [1.807, 2.05) is 78.0 Å². The van der Waals surface area contributed by atoms with E-state index >= 15 is 9.59 Å². The van der Waals surface area contributed by atoms with Crippen molar-refractivity contribution in [2.75, 3.05) is 0 Å². The molecule has 2 bridgehead atoms. The molecule has 14 nitrogen and oxygen atoms in total. The molecule has 0 radical (unpaired) electrons. The summed E-state index contributed by atoms with van der Waals surface area (Å²) in [6.45, 7) is 37.6. The Kier molecular flexibility index (Phi) is 18.6. The van der Waals surface area contributed by atoms with Gasteiger partial charge >= 0.3 is 29.8 Å². The van der Waals surface area contributed by atoms with Gasteiger partial charge in [0.1, 0.15) is 29.0 Å². The van der Waals surface area contributed by atoms with E-state index in [2.05, 4.69) is 20.4 Å². The number of carbonyl (C=O) groups is 5. The van der Waals surface area contributed by atoms with Crippen LogP contribution in [-0.4, -0.2) is 101 Å². The van der Waals surface area contributed by atoms with Crippen molar-refractivity contribution < 1.29 is 66.7 Å². The Hall–Kier alpha value is -3.89. The summed E-state index contributed by atoms with van der Waals surface area (Å²) in [6.07, 6.45) is -2.16. The molecule has 2 saturated heterocycles. The number of hydrogen-bond donors (Lipinski definition) is 1. The van der Waals surface area contributed by atoms with Crippen molar-refractivity contribution in [2.45, 2.75) is 226 Å². The number of aliphatic hydroxyl groups is 1. The first-order valence-corrected chi connectivity index (χ1v) is 27.0.